The highest BCUT2D eigenvalue weighted by Gasteiger charge is 2.21. The summed E-state index contributed by atoms with van der Waals surface area (Å²) in [6, 6.07) is 4.85. The van der Waals surface area contributed by atoms with Gasteiger partial charge in [0, 0.05) is 6.20 Å². The van der Waals surface area contributed by atoms with Gasteiger partial charge in [-0.05, 0) is 25.1 Å². The smallest absolute Gasteiger partial charge is 0.312 e. The molecule has 1 atom stereocenters. The zero-order valence-electron chi connectivity index (χ0n) is 9.77. The lowest BCUT2D eigenvalue weighted by molar-refractivity contribution is -0.138. The lowest BCUT2D eigenvalue weighted by Crippen LogP contribution is -2.13. The maximum Gasteiger partial charge on any atom is 0.312 e. The lowest BCUT2D eigenvalue weighted by Gasteiger charge is -2.13. The second-order valence-electron chi connectivity index (χ2n) is 3.92. The number of halogens is 3. The molecule has 7 heteroatoms. The number of carboxylic acids is 1. The molecular formula is C12H9Cl3N2O2. The maximum absolute atomic E-state index is 11.1. The van der Waals surface area contributed by atoms with Gasteiger partial charge >= 0.3 is 5.97 Å². The van der Waals surface area contributed by atoms with Gasteiger partial charge in [0.1, 0.15) is 0 Å². The Morgan fingerprint density at radius 1 is 1.26 bits per heavy atom. The topological polar surface area (TPSA) is 55.1 Å². The first-order valence-electron chi connectivity index (χ1n) is 5.34. The zero-order chi connectivity index (χ0) is 14.2. The molecule has 100 valence electrons. The van der Waals surface area contributed by atoms with Crippen LogP contribution in [0, 0.1) is 0 Å². The van der Waals surface area contributed by atoms with Crippen molar-refractivity contribution >= 4 is 40.8 Å². The van der Waals surface area contributed by atoms with Gasteiger partial charge in [-0.1, -0.05) is 34.8 Å². The van der Waals surface area contributed by atoms with Crippen LogP contribution in [0.1, 0.15) is 18.5 Å². The molecule has 0 aliphatic rings. The summed E-state index contributed by atoms with van der Waals surface area (Å²) in [7, 11) is 0. The molecule has 1 aromatic carbocycles. The second kappa shape index (κ2) is 5.41. The first-order chi connectivity index (χ1) is 8.93. The van der Waals surface area contributed by atoms with Gasteiger partial charge in [0.25, 0.3) is 0 Å². The Kier molecular flexibility index (Phi) is 4.04. The van der Waals surface area contributed by atoms with Gasteiger partial charge in [0.05, 0.1) is 32.4 Å². The molecule has 0 amide bonds. The Bertz CT molecular complexity index is 640. The minimum atomic E-state index is -0.946. The summed E-state index contributed by atoms with van der Waals surface area (Å²) in [6.45, 7) is 1.57. The van der Waals surface area contributed by atoms with Gasteiger partial charge < -0.3 is 5.11 Å². The molecule has 0 saturated heterocycles. The molecule has 1 aromatic heterocycles. The summed E-state index contributed by atoms with van der Waals surface area (Å²) >= 11 is 18.0. The molecule has 0 fully saturated rings. The van der Waals surface area contributed by atoms with Crippen LogP contribution in [-0.2, 0) is 4.79 Å². The molecule has 0 radical (unpaired) electrons. The van der Waals surface area contributed by atoms with Crippen molar-refractivity contribution in [1.82, 2.24) is 9.78 Å². The van der Waals surface area contributed by atoms with E-state index in [0.29, 0.717) is 16.4 Å². The molecular weight excluding hydrogens is 311 g/mol. The molecule has 2 rings (SSSR count). The minimum Gasteiger partial charge on any atom is -0.481 e. The molecule has 1 unspecified atom stereocenters. The van der Waals surface area contributed by atoms with Gasteiger partial charge in [-0.2, -0.15) is 5.10 Å². The normalized spacial score (nSPS) is 12.4. The van der Waals surface area contributed by atoms with Crippen LogP contribution in [-0.4, -0.2) is 20.9 Å². The van der Waals surface area contributed by atoms with E-state index in [4.69, 9.17) is 39.9 Å². The van der Waals surface area contributed by atoms with Gasteiger partial charge in [0.15, 0.2) is 0 Å². The monoisotopic (exact) mass is 318 g/mol. The lowest BCUT2D eigenvalue weighted by atomic mass is 10.1. The molecule has 4 nitrogen and oxygen atoms in total. The third-order valence-corrected chi connectivity index (χ3v) is 4.01. The quantitative estimate of drug-likeness (QED) is 0.869. The number of benzene rings is 1. The Hall–Kier alpha value is -1.23. The maximum atomic E-state index is 11.1. The van der Waals surface area contributed by atoms with E-state index in [1.165, 1.54) is 10.9 Å². The summed E-state index contributed by atoms with van der Waals surface area (Å²) in [5.41, 5.74) is 0.997. The highest BCUT2D eigenvalue weighted by atomic mass is 35.5. The number of aliphatic carboxylic acids is 1. The standard InChI is InChI=1S/C12H9Cl3N2O2/c1-6(12(18)19)8-4-5-16-17(8)9-3-2-7(13)10(14)11(9)15/h2-6H,1H3,(H,18,19). The third-order valence-electron chi connectivity index (χ3n) is 2.73. The molecule has 1 heterocycles. The van der Waals surface area contributed by atoms with E-state index < -0.39 is 11.9 Å². The Labute approximate surface area is 124 Å². The van der Waals surface area contributed by atoms with Crippen LogP contribution >= 0.6 is 34.8 Å². The first kappa shape index (κ1) is 14.2. The fourth-order valence-corrected chi connectivity index (χ4v) is 2.26. The average Bonchev–Trinajstić information content (AvgIpc) is 2.84. The number of rotatable bonds is 3. The molecule has 0 aliphatic carbocycles. The van der Waals surface area contributed by atoms with Crippen LogP contribution in [0.25, 0.3) is 5.69 Å². The van der Waals surface area contributed by atoms with E-state index in [0.717, 1.165) is 0 Å². The average molecular weight is 320 g/mol. The van der Waals surface area contributed by atoms with Crippen LogP contribution in [0.2, 0.25) is 15.1 Å². The molecule has 0 aliphatic heterocycles. The van der Waals surface area contributed by atoms with E-state index >= 15 is 0 Å². The largest absolute Gasteiger partial charge is 0.481 e. The number of aromatic nitrogens is 2. The van der Waals surface area contributed by atoms with Gasteiger partial charge in [-0.25, -0.2) is 4.68 Å². The fraction of sp³-hybridized carbons (Fsp3) is 0.167. The molecule has 0 bridgehead atoms. The number of carboxylic acid groups (broad SMARTS) is 1. The predicted molar refractivity (Wildman–Crippen MR) is 74.6 cm³/mol. The molecule has 1 N–H and O–H groups in total. The van der Waals surface area contributed by atoms with Gasteiger partial charge in [-0.3, -0.25) is 4.79 Å². The highest BCUT2D eigenvalue weighted by molar-refractivity contribution is 6.48. The van der Waals surface area contributed by atoms with Crippen molar-refractivity contribution < 1.29 is 9.90 Å². The number of hydrogen-bond donors (Lipinski definition) is 1. The third kappa shape index (κ3) is 2.56. The van der Waals surface area contributed by atoms with Crippen LogP contribution in [0.5, 0.6) is 0 Å². The summed E-state index contributed by atoms with van der Waals surface area (Å²) in [5, 5.41) is 13.9. The highest BCUT2D eigenvalue weighted by Crippen LogP contribution is 2.35. The van der Waals surface area contributed by atoms with Crippen LogP contribution in [0.15, 0.2) is 24.4 Å². The van der Waals surface area contributed by atoms with Gasteiger partial charge in [0.2, 0.25) is 0 Å². The summed E-state index contributed by atoms with van der Waals surface area (Å²) in [4.78, 5) is 11.1. The minimum absolute atomic E-state index is 0.213. The summed E-state index contributed by atoms with van der Waals surface area (Å²) in [5.74, 6) is -1.66. The Morgan fingerprint density at radius 2 is 1.95 bits per heavy atom. The summed E-state index contributed by atoms with van der Waals surface area (Å²) in [6.07, 6.45) is 1.51. The van der Waals surface area contributed by atoms with Crippen LogP contribution < -0.4 is 0 Å². The Morgan fingerprint density at radius 3 is 2.58 bits per heavy atom. The molecule has 2 aromatic rings. The number of nitrogens with zero attached hydrogens (tertiary/aromatic N) is 2. The van der Waals surface area contributed by atoms with E-state index in [-0.39, 0.29) is 10.0 Å². The predicted octanol–water partition coefficient (Wildman–Crippen LogP) is 4.02. The van der Waals surface area contributed by atoms with E-state index in [9.17, 15) is 4.79 Å². The molecule has 19 heavy (non-hydrogen) atoms. The SMILES string of the molecule is CC(C(=O)O)c1ccnn1-c1ccc(Cl)c(Cl)c1Cl. The van der Waals surface area contributed by atoms with Crippen LogP contribution in [0.3, 0.4) is 0 Å². The van der Waals surface area contributed by atoms with Crippen molar-refractivity contribution in [2.75, 3.05) is 0 Å². The number of carbonyl (C=O) groups is 1. The molecule has 0 spiro atoms. The Balaban J connectivity index is 2.58. The van der Waals surface area contributed by atoms with Crippen molar-refractivity contribution in [3.8, 4) is 5.69 Å². The van der Waals surface area contributed by atoms with Crippen molar-refractivity contribution in [2.45, 2.75) is 12.8 Å². The van der Waals surface area contributed by atoms with Crippen LogP contribution in [0.4, 0.5) is 0 Å². The molecule has 0 saturated carbocycles. The summed E-state index contributed by atoms with van der Waals surface area (Å²) < 4.78 is 1.45. The van der Waals surface area contributed by atoms with E-state index in [1.54, 1.807) is 25.1 Å². The first-order valence-corrected chi connectivity index (χ1v) is 6.47. The zero-order valence-corrected chi connectivity index (χ0v) is 12.0. The second-order valence-corrected chi connectivity index (χ2v) is 5.09. The van der Waals surface area contributed by atoms with E-state index in [2.05, 4.69) is 5.10 Å². The van der Waals surface area contributed by atoms with Crippen molar-refractivity contribution in [3.05, 3.63) is 45.2 Å². The van der Waals surface area contributed by atoms with E-state index in [1.807, 2.05) is 0 Å². The van der Waals surface area contributed by atoms with Crippen molar-refractivity contribution in [1.29, 1.82) is 0 Å². The number of hydrogen-bond acceptors (Lipinski definition) is 2. The fourth-order valence-electron chi connectivity index (χ4n) is 1.65. The van der Waals surface area contributed by atoms with Crippen molar-refractivity contribution in [3.63, 3.8) is 0 Å². The van der Waals surface area contributed by atoms with Crippen molar-refractivity contribution in [2.24, 2.45) is 0 Å². The van der Waals surface area contributed by atoms with Gasteiger partial charge in [-0.15, -0.1) is 0 Å².